The molecule has 32 heavy (non-hydrogen) atoms. The summed E-state index contributed by atoms with van der Waals surface area (Å²) in [7, 11) is 0. The molecule has 0 unspecified atom stereocenters. The Bertz CT molecular complexity index is 992. The van der Waals surface area contributed by atoms with Gasteiger partial charge in [0.1, 0.15) is 5.75 Å². The second-order valence-corrected chi connectivity index (χ2v) is 9.43. The van der Waals surface area contributed by atoms with Gasteiger partial charge >= 0.3 is 0 Å². The maximum Gasteiger partial charge on any atom is 0.236 e. The molecule has 0 radical (unpaired) electrons. The van der Waals surface area contributed by atoms with Crippen molar-refractivity contribution in [2.75, 3.05) is 38.0 Å². The summed E-state index contributed by atoms with van der Waals surface area (Å²) in [5.41, 5.74) is 1.79. The van der Waals surface area contributed by atoms with Crippen LogP contribution in [-0.4, -0.2) is 59.4 Å². The Kier molecular flexibility index (Phi) is 7.23. The molecule has 2 heterocycles. The number of amides is 2. The third-order valence-electron chi connectivity index (χ3n) is 6.38. The zero-order valence-electron chi connectivity index (χ0n) is 17.8. The van der Waals surface area contributed by atoms with Crippen LogP contribution in [0.1, 0.15) is 30.7 Å². The Morgan fingerprint density at radius 1 is 1.03 bits per heavy atom. The highest BCUT2D eigenvalue weighted by molar-refractivity contribution is 6.32. The third-order valence-corrected chi connectivity index (χ3v) is 6.92. The van der Waals surface area contributed by atoms with Crippen LogP contribution in [0.5, 0.6) is 5.75 Å². The van der Waals surface area contributed by atoms with E-state index in [0.29, 0.717) is 31.1 Å². The standard InChI is InChI=1S/C24H27Cl2N3O3/c25-19-3-1-2-17(12-19)16-7-10-29(11-8-16)23(31)15-28-9-6-18(14-28)24(32)27-20-4-5-22(30)21(26)13-20/h1-5,12-13,16,18,30H,6-11,14-15H2,(H,27,32)/t18-/m1/s1. The summed E-state index contributed by atoms with van der Waals surface area (Å²) in [4.78, 5) is 29.4. The topological polar surface area (TPSA) is 72.9 Å². The maximum atomic E-state index is 12.8. The lowest BCUT2D eigenvalue weighted by atomic mass is 9.89. The zero-order chi connectivity index (χ0) is 22.7. The highest BCUT2D eigenvalue weighted by Crippen LogP contribution is 2.30. The van der Waals surface area contributed by atoms with E-state index in [-0.39, 0.29) is 28.5 Å². The maximum absolute atomic E-state index is 12.8. The molecule has 1 atom stereocenters. The number of carbonyl (C=O) groups excluding carboxylic acids is 2. The summed E-state index contributed by atoms with van der Waals surface area (Å²) < 4.78 is 0. The van der Waals surface area contributed by atoms with Crippen LogP contribution in [-0.2, 0) is 9.59 Å². The minimum atomic E-state index is -0.177. The first-order valence-electron chi connectivity index (χ1n) is 10.9. The number of nitrogens with one attached hydrogen (secondary N) is 1. The molecule has 0 aromatic heterocycles. The Labute approximate surface area is 198 Å². The first-order chi connectivity index (χ1) is 15.4. The van der Waals surface area contributed by atoms with Crippen molar-refractivity contribution < 1.29 is 14.7 Å². The third kappa shape index (κ3) is 5.55. The Morgan fingerprint density at radius 2 is 1.81 bits per heavy atom. The van der Waals surface area contributed by atoms with Gasteiger partial charge in [-0.1, -0.05) is 35.3 Å². The number of piperidine rings is 1. The molecule has 2 aromatic carbocycles. The molecule has 0 bridgehead atoms. The van der Waals surface area contributed by atoms with Crippen molar-refractivity contribution in [2.45, 2.75) is 25.2 Å². The number of hydrogen-bond donors (Lipinski definition) is 2. The van der Waals surface area contributed by atoms with Crippen molar-refractivity contribution in [1.29, 1.82) is 0 Å². The van der Waals surface area contributed by atoms with E-state index in [4.69, 9.17) is 23.2 Å². The fourth-order valence-electron chi connectivity index (χ4n) is 4.53. The van der Waals surface area contributed by atoms with E-state index in [9.17, 15) is 14.7 Å². The summed E-state index contributed by atoms with van der Waals surface area (Å²) in [6.07, 6.45) is 2.58. The summed E-state index contributed by atoms with van der Waals surface area (Å²) in [5.74, 6) is 0.270. The van der Waals surface area contributed by atoms with Gasteiger partial charge in [-0.05, 0) is 67.6 Å². The molecule has 2 aliphatic heterocycles. The predicted molar refractivity (Wildman–Crippen MR) is 126 cm³/mol. The Balaban J connectivity index is 1.23. The second-order valence-electron chi connectivity index (χ2n) is 8.59. The molecule has 8 heteroatoms. The number of carbonyl (C=O) groups is 2. The predicted octanol–water partition coefficient (Wildman–Crippen LogP) is 4.37. The van der Waals surface area contributed by atoms with Crippen LogP contribution in [0, 0.1) is 5.92 Å². The highest BCUT2D eigenvalue weighted by atomic mass is 35.5. The summed E-state index contributed by atoms with van der Waals surface area (Å²) in [6, 6.07) is 12.6. The van der Waals surface area contributed by atoms with Gasteiger partial charge in [-0.2, -0.15) is 0 Å². The molecule has 2 fully saturated rings. The van der Waals surface area contributed by atoms with Gasteiger partial charge in [0.05, 0.1) is 17.5 Å². The van der Waals surface area contributed by atoms with Crippen LogP contribution in [0.25, 0.3) is 0 Å². The Hall–Kier alpha value is -2.28. The molecule has 2 N–H and O–H groups in total. The number of halogens is 2. The first kappa shape index (κ1) is 22.9. The number of rotatable bonds is 5. The van der Waals surface area contributed by atoms with E-state index in [1.165, 1.54) is 17.7 Å². The molecule has 2 aliphatic rings. The van der Waals surface area contributed by atoms with Gasteiger partial charge in [0, 0.05) is 30.3 Å². The van der Waals surface area contributed by atoms with Gasteiger partial charge in [0.15, 0.2) is 0 Å². The number of phenolic OH excluding ortho intramolecular Hbond substituents is 1. The average Bonchev–Trinajstić information content (AvgIpc) is 3.25. The molecule has 4 rings (SSSR count). The van der Waals surface area contributed by atoms with Gasteiger partial charge < -0.3 is 15.3 Å². The fraction of sp³-hybridized carbons (Fsp3) is 0.417. The smallest absolute Gasteiger partial charge is 0.236 e. The van der Waals surface area contributed by atoms with Crippen molar-refractivity contribution in [3.63, 3.8) is 0 Å². The molecular formula is C24H27Cl2N3O3. The zero-order valence-corrected chi connectivity index (χ0v) is 19.3. The highest BCUT2D eigenvalue weighted by Gasteiger charge is 2.31. The van der Waals surface area contributed by atoms with Gasteiger partial charge in [0.2, 0.25) is 11.8 Å². The lowest BCUT2D eigenvalue weighted by Crippen LogP contribution is -2.43. The van der Waals surface area contributed by atoms with E-state index in [2.05, 4.69) is 16.3 Å². The molecule has 0 aliphatic carbocycles. The van der Waals surface area contributed by atoms with E-state index >= 15 is 0 Å². The van der Waals surface area contributed by atoms with E-state index in [0.717, 1.165) is 37.5 Å². The van der Waals surface area contributed by atoms with Crippen LogP contribution in [0.4, 0.5) is 5.69 Å². The Morgan fingerprint density at radius 3 is 2.53 bits per heavy atom. The number of nitrogens with zero attached hydrogens (tertiary/aromatic N) is 2. The summed E-state index contributed by atoms with van der Waals surface area (Å²) in [5, 5.41) is 13.3. The quantitative estimate of drug-likeness (QED) is 0.629. The molecule has 2 saturated heterocycles. The summed E-state index contributed by atoms with van der Waals surface area (Å²) in [6.45, 7) is 3.11. The van der Waals surface area contributed by atoms with E-state index in [1.807, 2.05) is 23.1 Å². The lowest BCUT2D eigenvalue weighted by Gasteiger charge is -2.33. The molecular weight excluding hydrogens is 449 g/mol. The number of phenols is 1. The van der Waals surface area contributed by atoms with Crippen LogP contribution in [0.2, 0.25) is 10.0 Å². The lowest BCUT2D eigenvalue weighted by molar-refractivity contribution is -0.133. The molecule has 2 aromatic rings. The van der Waals surface area contributed by atoms with E-state index < -0.39 is 0 Å². The molecule has 6 nitrogen and oxygen atoms in total. The number of hydrogen-bond acceptors (Lipinski definition) is 4. The fourth-order valence-corrected chi connectivity index (χ4v) is 4.91. The second kappa shape index (κ2) is 10.1. The van der Waals surface area contributed by atoms with Crippen LogP contribution < -0.4 is 5.32 Å². The van der Waals surface area contributed by atoms with Gasteiger partial charge in [-0.25, -0.2) is 0 Å². The van der Waals surface area contributed by atoms with Gasteiger partial charge in [-0.3, -0.25) is 14.5 Å². The number of benzene rings is 2. The number of anilines is 1. The minimum absolute atomic E-state index is 0.0215. The largest absolute Gasteiger partial charge is 0.506 e. The van der Waals surface area contributed by atoms with Gasteiger partial charge in [-0.15, -0.1) is 0 Å². The molecule has 2 amide bonds. The van der Waals surface area contributed by atoms with Crippen LogP contribution in [0.3, 0.4) is 0 Å². The SMILES string of the molecule is O=C(Nc1ccc(O)c(Cl)c1)[C@@H]1CCN(CC(=O)N2CCC(c3cccc(Cl)c3)CC2)C1. The number of aromatic hydroxyl groups is 1. The van der Waals surface area contributed by atoms with E-state index in [1.54, 1.807) is 6.07 Å². The van der Waals surface area contributed by atoms with Crippen molar-refractivity contribution in [3.8, 4) is 5.75 Å². The van der Waals surface area contributed by atoms with Crippen molar-refractivity contribution in [1.82, 2.24) is 9.80 Å². The first-order valence-corrected chi connectivity index (χ1v) is 11.7. The normalized spacial score (nSPS) is 19.8. The van der Waals surface area contributed by atoms with Crippen LogP contribution in [0.15, 0.2) is 42.5 Å². The van der Waals surface area contributed by atoms with Crippen LogP contribution >= 0.6 is 23.2 Å². The van der Waals surface area contributed by atoms with Crippen molar-refractivity contribution in [3.05, 3.63) is 58.1 Å². The molecule has 0 spiro atoms. The summed E-state index contributed by atoms with van der Waals surface area (Å²) >= 11 is 12.0. The van der Waals surface area contributed by atoms with Crippen molar-refractivity contribution >= 4 is 40.7 Å². The average molecular weight is 476 g/mol. The molecule has 170 valence electrons. The minimum Gasteiger partial charge on any atom is -0.506 e. The van der Waals surface area contributed by atoms with Crippen molar-refractivity contribution in [2.24, 2.45) is 5.92 Å². The van der Waals surface area contributed by atoms with Gasteiger partial charge in [0.25, 0.3) is 0 Å². The number of likely N-dealkylation sites (tertiary alicyclic amines) is 2. The molecule has 0 saturated carbocycles. The monoisotopic (exact) mass is 475 g/mol.